The summed E-state index contributed by atoms with van der Waals surface area (Å²) in [5, 5.41) is 10.4. The second-order valence-corrected chi connectivity index (χ2v) is 7.32. The summed E-state index contributed by atoms with van der Waals surface area (Å²) < 4.78 is 5.80. The van der Waals surface area contributed by atoms with Crippen molar-refractivity contribution in [3.63, 3.8) is 0 Å². The van der Waals surface area contributed by atoms with Crippen LogP contribution in [0.3, 0.4) is 0 Å². The smallest absolute Gasteiger partial charge is 0.257 e. The lowest BCUT2D eigenvalue weighted by atomic mass is 10.0. The van der Waals surface area contributed by atoms with Gasteiger partial charge in [0, 0.05) is 18.7 Å². The molecule has 1 aliphatic heterocycles. The molecule has 2 heterocycles. The number of likely N-dealkylation sites (tertiary alicyclic amines) is 1. The van der Waals surface area contributed by atoms with Gasteiger partial charge < -0.3 is 14.4 Å². The molecule has 24 heavy (non-hydrogen) atoms. The summed E-state index contributed by atoms with van der Waals surface area (Å²) in [5.41, 5.74) is 1.40. The van der Waals surface area contributed by atoms with E-state index in [0.717, 1.165) is 31.5 Å². The molecule has 1 N–H and O–H groups in total. The number of halogens is 1. The summed E-state index contributed by atoms with van der Waals surface area (Å²) in [6, 6.07) is 9.25. The van der Waals surface area contributed by atoms with Gasteiger partial charge in [-0.3, -0.25) is 4.79 Å². The van der Waals surface area contributed by atoms with E-state index >= 15 is 0 Å². The van der Waals surface area contributed by atoms with Crippen molar-refractivity contribution in [2.45, 2.75) is 25.9 Å². The van der Waals surface area contributed by atoms with Crippen molar-refractivity contribution in [2.75, 3.05) is 13.1 Å². The first-order valence-electron chi connectivity index (χ1n) is 8.35. The summed E-state index contributed by atoms with van der Waals surface area (Å²) in [4.78, 5) is 14.8. The molecule has 1 aliphatic carbocycles. The van der Waals surface area contributed by atoms with Gasteiger partial charge in [-0.05, 0) is 49.8 Å². The third-order valence-electron chi connectivity index (χ3n) is 5.30. The maximum atomic E-state index is 12.9. The standard InChI is InChI=1S/C19H20ClNO3/c1-11-16(8-18(24-11)15-4-2-3-5-17(15)20)19(23)21-9-12-6-14(22)7-13(12)10-21/h2-5,8,12-14,22H,6-7,9-10H2,1H3. The van der Waals surface area contributed by atoms with Crippen molar-refractivity contribution in [2.24, 2.45) is 11.8 Å². The Morgan fingerprint density at radius 3 is 2.58 bits per heavy atom. The molecule has 5 heteroatoms. The molecule has 0 bridgehead atoms. The van der Waals surface area contributed by atoms with Crippen molar-refractivity contribution < 1.29 is 14.3 Å². The van der Waals surface area contributed by atoms with Gasteiger partial charge in [-0.1, -0.05) is 23.7 Å². The Balaban J connectivity index is 1.57. The van der Waals surface area contributed by atoms with Crippen LogP contribution in [0.4, 0.5) is 0 Å². The maximum absolute atomic E-state index is 12.9. The van der Waals surface area contributed by atoms with Crippen LogP contribution in [0.1, 0.15) is 29.0 Å². The van der Waals surface area contributed by atoms with Gasteiger partial charge in [-0.2, -0.15) is 0 Å². The van der Waals surface area contributed by atoms with Gasteiger partial charge in [0.2, 0.25) is 0 Å². The van der Waals surface area contributed by atoms with E-state index in [9.17, 15) is 9.90 Å². The van der Waals surface area contributed by atoms with Crippen LogP contribution >= 0.6 is 11.6 Å². The Kier molecular flexibility index (Phi) is 3.89. The van der Waals surface area contributed by atoms with E-state index in [0.29, 0.717) is 33.9 Å². The number of aryl methyl sites for hydroxylation is 1. The Hall–Kier alpha value is -1.78. The molecule has 2 atom stereocenters. The Bertz CT molecular complexity index is 771. The van der Waals surface area contributed by atoms with Gasteiger partial charge in [-0.25, -0.2) is 0 Å². The molecule has 2 aliphatic rings. The van der Waals surface area contributed by atoms with Crippen LogP contribution in [-0.2, 0) is 0 Å². The normalized spacial score (nSPS) is 26.0. The second-order valence-electron chi connectivity index (χ2n) is 6.92. The molecule has 4 rings (SSSR count). The van der Waals surface area contributed by atoms with Crippen molar-refractivity contribution in [1.82, 2.24) is 4.90 Å². The van der Waals surface area contributed by atoms with Crippen molar-refractivity contribution >= 4 is 17.5 Å². The van der Waals surface area contributed by atoms with Crippen LogP contribution in [-0.4, -0.2) is 35.1 Å². The molecule has 126 valence electrons. The van der Waals surface area contributed by atoms with Crippen LogP contribution in [0.25, 0.3) is 11.3 Å². The molecular formula is C19H20ClNO3. The van der Waals surface area contributed by atoms with E-state index in [4.69, 9.17) is 16.0 Å². The van der Waals surface area contributed by atoms with Gasteiger partial charge in [0.25, 0.3) is 5.91 Å². The largest absolute Gasteiger partial charge is 0.460 e. The quantitative estimate of drug-likeness (QED) is 0.901. The highest BCUT2D eigenvalue weighted by Crippen LogP contribution is 2.39. The summed E-state index contributed by atoms with van der Waals surface area (Å²) in [6.45, 7) is 3.27. The van der Waals surface area contributed by atoms with Gasteiger partial charge >= 0.3 is 0 Å². The molecular weight excluding hydrogens is 326 g/mol. The lowest BCUT2D eigenvalue weighted by molar-refractivity contribution is 0.0763. The number of carbonyl (C=O) groups excluding carboxylic acids is 1. The highest BCUT2D eigenvalue weighted by Gasteiger charge is 2.42. The van der Waals surface area contributed by atoms with Crippen LogP contribution < -0.4 is 0 Å². The van der Waals surface area contributed by atoms with E-state index < -0.39 is 0 Å². The molecule has 2 unspecified atom stereocenters. The van der Waals surface area contributed by atoms with Gasteiger partial charge in [0.15, 0.2) is 0 Å². The third kappa shape index (κ3) is 2.64. The predicted molar refractivity (Wildman–Crippen MR) is 92.0 cm³/mol. The highest BCUT2D eigenvalue weighted by molar-refractivity contribution is 6.33. The number of rotatable bonds is 2. The minimum atomic E-state index is -0.195. The first kappa shape index (κ1) is 15.7. The molecule has 4 nitrogen and oxygen atoms in total. The lowest BCUT2D eigenvalue weighted by Gasteiger charge is -2.17. The lowest BCUT2D eigenvalue weighted by Crippen LogP contribution is -2.30. The minimum absolute atomic E-state index is 0.0124. The molecule has 0 radical (unpaired) electrons. The van der Waals surface area contributed by atoms with Crippen LogP contribution in [0, 0.1) is 18.8 Å². The number of nitrogens with zero attached hydrogens (tertiary/aromatic N) is 1. The van der Waals surface area contributed by atoms with E-state index in [1.807, 2.05) is 36.1 Å². The van der Waals surface area contributed by atoms with E-state index in [1.165, 1.54) is 0 Å². The van der Waals surface area contributed by atoms with Crippen molar-refractivity contribution in [1.29, 1.82) is 0 Å². The Labute approximate surface area is 146 Å². The number of hydrogen-bond donors (Lipinski definition) is 1. The van der Waals surface area contributed by atoms with Gasteiger partial charge in [0.1, 0.15) is 11.5 Å². The number of furan rings is 1. The Morgan fingerprint density at radius 2 is 1.92 bits per heavy atom. The SMILES string of the molecule is Cc1oc(-c2ccccc2Cl)cc1C(=O)N1CC2CC(O)CC2C1. The zero-order valence-electron chi connectivity index (χ0n) is 13.5. The number of aliphatic hydroxyl groups excluding tert-OH is 1. The molecule has 2 fully saturated rings. The molecule has 1 saturated heterocycles. The summed E-state index contributed by atoms with van der Waals surface area (Å²) in [5.74, 6) is 2.11. The molecule has 1 saturated carbocycles. The molecule has 2 aromatic rings. The van der Waals surface area contributed by atoms with E-state index in [1.54, 1.807) is 6.07 Å². The predicted octanol–water partition coefficient (Wildman–Crippen LogP) is 3.75. The van der Waals surface area contributed by atoms with Crippen LogP contribution in [0.15, 0.2) is 34.7 Å². The van der Waals surface area contributed by atoms with Crippen molar-refractivity contribution in [3.05, 3.63) is 46.7 Å². The van der Waals surface area contributed by atoms with Crippen LogP contribution in [0.2, 0.25) is 5.02 Å². The minimum Gasteiger partial charge on any atom is -0.460 e. The van der Waals surface area contributed by atoms with E-state index in [2.05, 4.69) is 0 Å². The second kappa shape index (κ2) is 5.94. The zero-order valence-corrected chi connectivity index (χ0v) is 14.3. The summed E-state index contributed by atoms with van der Waals surface area (Å²) in [6.07, 6.45) is 1.42. The fourth-order valence-corrected chi connectivity index (χ4v) is 4.32. The fraction of sp³-hybridized carbons (Fsp3) is 0.421. The monoisotopic (exact) mass is 345 g/mol. The third-order valence-corrected chi connectivity index (χ3v) is 5.63. The number of carbonyl (C=O) groups is 1. The Morgan fingerprint density at radius 1 is 1.25 bits per heavy atom. The number of amides is 1. The maximum Gasteiger partial charge on any atom is 0.257 e. The summed E-state index contributed by atoms with van der Waals surface area (Å²) >= 11 is 6.23. The number of hydrogen-bond acceptors (Lipinski definition) is 3. The average Bonchev–Trinajstić information content (AvgIpc) is 3.19. The zero-order chi connectivity index (χ0) is 16.8. The fourth-order valence-electron chi connectivity index (χ4n) is 4.09. The summed E-state index contributed by atoms with van der Waals surface area (Å²) in [7, 11) is 0. The van der Waals surface area contributed by atoms with E-state index in [-0.39, 0.29) is 12.0 Å². The number of fused-ring (bicyclic) bond motifs is 1. The molecule has 1 aromatic carbocycles. The average molecular weight is 346 g/mol. The first-order chi connectivity index (χ1) is 11.5. The molecule has 1 aromatic heterocycles. The van der Waals surface area contributed by atoms with Gasteiger partial charge in [-0.15, -0.1) is 0 Å². The highest BCUT2D eigenvalue weighted by atomic mass is 35.5. The molecule has 0 spiro atoms. The number of aliphatic hydroxyl groups is 1. The van der Waals surface area contributed by atoms with Crippen LogP contribution in [0.5, 0.6) is 0 Å². The number of benzene rings is 1. The molecule has 1 amide bonds. The first-order valence-corrected chi connectivity index (χ1v) is 8.73. The topological polar surface area (TPSA) is 53.7 Å². The van der Waals surface area contributed by atoms with Crippen molar-refractivity contribution in [3.8, 4) is 11.3 Å². The van der Waals surface area contributed by atoms with Gasteiger partial charge in [0.05, 0.1) is 16.7 Å².